The topological polar surface area (TPSA) is 181 Å². The summed E-state index contributed by atoms with van der Waals surface area (Å²) in [5.41, 5.74) is 15.1. The molecule has 2 amide bonds. The molecule has 0 radical (unpaired) electrons. The molecule has 0 spiro atoms. The molecule has 0 atom stereocenters. The molecular weight excluding hydrogens is 592 g/mol. The van der Waals surface area contributed by atoms with E-state index < -0.39 is 24.1 Å². The van der Waals surface area contributed by atoms with Gasteiger partial charge in [0.2, 0.25) is 0 Å². The number of ether oxygens (including phenoxy) is 4. The fourth-order valence-corrected chi connectivity index (χ4v) is 4.01. The minimum atomic E-state index is -0.739. The molecule has 238 valence electrons. The molecule has 12 heteroatoms. The molecule has 0 fully saturated rings. The van der Waals surface area contributed by atoms with Crippen molar-refractivity contribution in [2.75, 3.05) is 27.4 Å². The third-order valence-corrected chi connectivity index (χ3v) is 6.29. The van der Waals surface area contributed by atoms with Gasteiger partial charge < -0.3 is 41.0 Å². The van der Waals surface area contributed by atoms with Gasteiger partial charge in [-0.25, -0.2) is 19.2 Å². The minimum absolute atomic E-state index is 0.00885. The number of carbonyl (C=O) groups is 4. The maximum absolute atomic E-state index is 12.6. The van der Waals surface area contributed by atoms with E-state index in [1.807, 2.05) is 48.5 Å². The Morgan fingerprint density at radius 3 is 1.39 bits per heavy atom. The molecule has 0 aliphatic heterocycles. The Labute approximate surface area is 266 Å². The number of carbonyl (C=O) groups excluding carboxylic acids is 4. The monoisotopic (exact) mass is 626 g/mol. The zero-order valence-corrected chi connectivity index (χ0v) is 25.4. The standard InChI is InChI=1S/C34H34N4O8/c1-43-31(39)29-17-28(12-6-14-46-34(42)38-22-26-10-4-8-24(16-26)20-36)30(32(40)44-2)18-27(29)11-5-13-45-33(41)37-21-25-9-3-7-23(15-25)19-35/h3-4,7-10,15-18H,13-14,19-22,35-36H2,1-2H3,(H,37,41)(H,38,42). The fraction of sp³-hybridized carbons (Fsp3) is 0.235. The Bertz CT molecular complexity index is 1570. The first-order valence-electron chi connectivity index (χ1n) is 14.0. The first-order chi connectivity index (χ1) is 22.3. The summed E-state index contributed by atoms with van der Waals surface area (Å²) in [6, 6.07) is 17.5. The molecule has 0 bridgehead atoms. The van der Waals surface area contributed by atoms with Crippen LogP contribution in [0.2, 0.25) is 0 Å². The molecule has 0 unspecified atom stereocenters. The molecule has 12 nitrogen and oxygen atoms in total. The normalized spacial score (nSPS) is 9.83. The van der Waals surface area contributed by atoms with Crippen molar-refractivity contribution >= 4 is 24.1 Å². The number of rotatable bonds is 10. The minimum Gasteiger partial charge on any atom is -0.465 e. The molecule has 0 aromatic heterocycles. The maximum Gasteiger partial charge on any atom is 0.408 e. The summed E-state index contributed by atoms with van der Waals surface area (Å²) in [7, 11) is 2.38. The number of methoxy groups -OCH3 is 2. The van der Waals surface area contributed by atoms with Crippen molar-refractivity contribution in [3.8, 4) is 23.7 Å². The van der Waals surface area contributed by atoms with Crippen LogP contribution in [0.15, 0.2) is 60.7 Å². The van der Waals surface area contributed by atoms with Gasteiger partial charge in [0.25, 0.3) is 0 Å². The highest BCUT2D eigenvalue weighted by molar-refractivity contribution is 5.98. The van der Waals surface area contributed by atoms with Crippen LogP contribution in [0, 0.1) is 23.7 Å². The highest BCUT2D eigenvalue weighted by Crippen LogP contribution is 2.19. The molecule has 0 aliphatic rings. The van der Waals surface area contributed by atoms with Gasteiger partial charge >= 0.3 is 24.1 Å². The van der Waals surface area contributed by atoms with E-state index in [0.717, 1.165) is 22.3 Å². The number of benzene rings is 3. The third-order valence-electron chi connectivity index (χ3n) is 6.29. The zero-order valence-electron chi connectivity index (χ0n) is 25.4. The average Bonchev–Trinajstić information content (AvgIpc) is 3.09. The van der Waals surface area contributed by atoms with Crippen LogP contribution in [0.5, 0.6) is 0 Å². The van der Waals surface area contributed by atoms with Gasteiger partial charge in [0.15, 0.2) is 13.2 Å². The molecule has 3 aromatic carbocycles. The van der Waals surface area contributed by atoms with E-state index in [1.54, 1.807) is 0 Å². The van der Waals surface area contributed by atoms with E-state index >= 15 is 0 Å². The second-order valence-corrected chi connectivity index (χ2v) is 9.44. The van der Waals surface area contributed by atoms with Gasteiger partial charge in [0, 0.05) is 37.3 Å². The molecule has 0 saturated heterocycles. The predicted molar refractivity (Wildman–Crippen MR) is 168 cm³/mol. The maximum atomic E-state index is 12.6. The van der Waals surface area contributed by atoms with Gasteiger partial charge in [-0.2, -0.15) is 0 Å². The third kappa shape index (κ3) is 10.7. The molecule has 3 aromatic rings. The van der Waals surface area contributed by atoms with Crippen LogP contribution >= 0.6 is 0 Å². The summed E-state index contributed by atoms with van der Waals surface area (Å²) in [5.74, 6) is 9.27. The lowest BCUT2D eigenvalue weighted by molar-refractivity contribution is 0.0586. The lowest BCUT2D eigenvalue weighted by Crippen LogP contribution is -2.24. The molecule has 0 aliphatic carbocycles. The molecule has 6 N–H and O–H groups in total. The van der Waals surface area contributed by atoms with Crippen molar-refractivity contribution in [1.82, 2.24) is 10.6 Å². The van der Waals surface area contributed by atoms with E-state index in [9.17, 15) is 19.2 Å². The van der Waals surface area contributed by atoms with Crippen molar-refractivity contribution in [3.63, 3.8) is 0 Å². The molecule has 0 saturated carbocycles. The van der Waals surface area contributed by atoms with Crippen LogP contribution in [0.1, 0.15) is 54.1 Å². The summed E-state index contributed by atoms with van der Waals surface area (Å²) in [4.78, 5) is 49.3. The van der Waals surface area contributed by atoms with Crippen molar-refractivity contribution in [2.45, 2.75) is 26.2 Å². The van der Waals surface area contributed by atoms with Crippen molar-refractivity contribution in [3.05, 3.63) is 105 Å². The van der Waals surface area contributed by atoms with Gasteiger partial charge in [0.1, 0.15) is 0 Å². The quantitative estimate of drug-likeness (QED) is 0.148. The number of hydrogen-bond donors (Lipinski definition) is 4. The SMILES string of the molecule is COC(=O)c1cc(C#CCOC(=O)NCc2cccc(CN)c2)c(C(=O)OC)cc1C#CCOC(=O)NCc1cccc(CN)c1. The number of esters is 2. The van der Waals surface area contributed by atoms with Crippen molar-refractivity contribution < 1.29 is 38.1 Å². The Kier molecular flexibility index (Phi) is 13.6. The van der Waals surface area contributed by atoms with Crippen LogP contribution in [0.4, 0.5) is 9.59 Å². The molecule has 3 rings (SSSR count). The molecular formula is C34H34N4O8. The van der Waals surface area contributed by atoms with E-state index in [0.29, 0.717) is 13.1 Å². The summed E-state index contributed by atoms with van der Waals surface area (Å²) in [6.07, 6.45) is -1.39. The van der Waals surface area contributed by atoms with Crippen LogP contribution in [-0.2, 0) is 45.1 Å². The zero-order chi connectivity index (χ0) is 33.3. The fourth-order valence-electron chi connectivity index (χ4n) is 4.01. The van der Waals surface area contributed by atoms with E-state index in [4.69, 9.17) is 30.4 Å². The first-order valence-corrected chi connectivity index (χ1v) is 14.0. The highest BCUT2D eigenvalue weighted by Gasteiger charge is 2.19. The number of alkyl carbamates (subject to hydrolysis) is 2. The molecule has 0 heterocycles. The molecule has 46 heavy (non-hydrogen) atoms. The summed E-state index contributed by atoms with van der Waals surface area (Å²) in [5, 5.41) is 5.23. The second kappa shape index (κ2) is 18.1. The van der Waals surface area contributed by atoms with Gasteiger partial charge in [-0.3, -0.25) is 0 Å². The number of nitrogens with two attached hydrogens (primary N) is 2. The van der Waals surface area contributed by atoms with E-state index in [1.165, 1.54) is 26.4 Å². The van der Waals surface area contributed by atoms with Crippen LogP contribution in [0.25, 0.3) is 0 Å². The van der Waals surface area contributed by atoms with Crippen molar-refractivity contribution in [1.29, 1.82) is 0 Å². The van der Waals surface area contributed by atoms with E-state index in [-0.39, 0.29) is 48.6 Å². The Balaban J connectivity index is 1.66. The highest BCUT2D eigenvalue weighted by atomic mass is 16.6. The van der Waals surface area contributed by atoms with Crippen LogP contribution < -0.4 is 22.1 Å². The lowest BCUT2D eigenvalue weighted by Gasteiger charge is -2.09. The van der Waals surface area contributed by atoms with Gasteiger partial charge in [-0.15, -0.1) is 0 Å². The average molecular weight is 627 g/mol. The lowest BCUT2D eigenvalue weighted by atomic mass is 9.98. The Morgan fingerprint density at radius 2 is 1.02 bits per heavy atom. The van der Waals surface area contributed by atoms with Crippen LogP contribution in [0.3, 0.4) is 0 Å². The Morgan fingerprint density at radius 1 is 0.630 bits per heavy atom. The predicted octanol–water partition coefficient (Wildman–Crippen LogP) is 2.73. The van der Waals surface area contributed by atoms with Gasteiger partial charge in [-0.1, -0.05) is 72.2 Å². The van der Waals surface area contributed by atoms with Crippen LogP contribution in [-0.4, -0.2) is 51.6 Å². The number of nitrogens with one attached hydrogen (secondary N) is 2. The summed E-state index contributed by atoms with van der Waals surface area (Å²) in [6.45, 7) is 0.622. The number of amides is 2. The van der Waals surface area contributed by atoms with E-state index in [2.05, 4.69) is 34.3 Å². The van der Waals surface area contributed by atoms with Gasteiger partial charge in [-0.05, 0) is 34.4 Å². The van der Waals surface area contributed by atoms with Crippen molar-refractivity contribution in [2.24, 2.45) is 11.5 Å². The Hall–Kier alpha value is -5.82. The second-order valence-electron chi connectivity index (χ2n) is 9.44. The first kappa shape index (κ1) is 34.7. The van der Waals surface area contributed by atoms with Gasteiger partial charge in [0.05, 0.1) is 25.3 Å². The number of hydrogen-bond acceptors (Lipinski definition) is 10. The smallest absolute Gasteiger partial charge is 0.408 e. The largest absolute Gasteiger partial charge is 0.465 e. The summed E-state index contributed by atoms with van der Waals surface area (Å²) < 4.78 is 19.9. The summed E-state index contributed by atoms with van der Waals surface area (Å²) >= 11 is 0.